The Labute approximate surface area is 179 Å². The van der Waals surface area contributed by atoms with Crippen molar-refractivity contribution < 1.29 is 29.1 Å². The number of fused-ring (bicyclic) bond motifs is 1. The van der Waals surface area contributed by atoms with Gasteiger partial charge < -0.3 is 9.47 Å². The van der Waals surface area contributed by atoms with Crippen molar-refractivity contribution in [3.8, 4) is 11.5 Å². The number of rotatable bonds is 7. The van der Waals surface area contributed by atoms with Crippen LogP contribution in [0.25, 0.3) is 0 Å². The molecule has 1 saturated carbocycles. The van der Waals surface area contributed by atoms with Gasteiger partial charge >= 0.3 is 0 Å². The van der Waals surface area contributed by atoms with Crippen LogP contribution in [0.5, 0.6) is 11.5 Å². The summed E-state index contributed by atoms with van der Waals surface area (Å²) in [6.45, 7) is 0. The van der Waals surface area contributed by atoms with Gasteiger partial charge in [-0.25, -0.2) is 5.48 Å². The molecular formula is C23H24N2O6. The molecule has 8 heteroatoms. The van der Waals surface area contributed by atoms with Crippen LogP contribution >= 0.6 is 0 Å². The number of ether oxygens (including phenoxy) is 2. The van der Waals surface area contributed by atoms with Crippen LogP contribution in [0.15, 0.2) is 42.5 Å². The molecule has 1 aliphatic carbocycles. The zero-order chi connectivity index (χ0) is 22.0. The first kappa shape index (κ1) is 20.9. The van der Waals surface area contributed by atoms with Gasteiger partial charge in [-0.1, -0.05) is 18.2 Å². The Morgan fingerprint density at radius 3 is 2.32 bits per heavy atom. The summed E-state index contributed by atoms with van der Waals surface area (Å²) >= 11 is 0. The van der Waals surface area contributed by atoms with Gasteiger partial charge in [0.25, 0.3) is 11.8 Å². The van der Waals surface area contributed by atoms with Crippen molar-refractivity contribution in [1.29, 1.82) is 0 Å². The van der Waals surface area contributed by atoms with E-state index in [-0.39, 0.29) is 23.7 Å². The van der Waals surface area contributed by atoms with Crippen LogP contribution in [-0.2, 0) is 4.79 Å². The van der Waals surface area contributed by atoms with E-state index in [1.807, 2.05) is 0 Å². The summed E-state index contributed by atoms with van der Waals surface area (Å²) in [5, 5.41) is 9.07. The van der Waals surface area contributed by atoms with Crippen LogP contribution in [0.2, 0.25) is 0 Å². The Hall–Kier alpha value is -3.39. The molecule has 8 nitrogen and oxygen atoms in total. The molecule has 0 aromatic heterocycles. The maximum atomic E-state index is 13.0. The lowest BCUT2D eigenvalue weighted by Gasteiger charge is -2.27. The molecule has 3 amide bonds. The van der Waals surface area contributed by atoms with E-state index in [1.54, 1.807) is 47.9 Å². The predicted molar refractivity (Wildman–Crippen MR) is 110 cm³/mol. The number of benzene rings is 2. The molecule has 0 bridgehead atoms. The van der Waals surface area contributed by atoms with Gasteiger partial charge in [-0.05, 0) is 55.5 Å². The number of amides is 3. The largest absolute Gasteiger partial charge is 0.493 e. The molecule has 2 aliphatic rings. The van der Waals surface area contributed by atoms with E-state index in [1.165, 1.54) is 7.11 Å². The van der Waals surface area contributed by atoms with E-state index in [2.05, 4.69) is 0 Å². The first-order valence-electron chi connectivity index (χ1n) is 10.3. The number of carbonyl (C=O) groups is 3. The first-order chi connectivity index (χ1) is 15.0. The highest BCUT2D eigenvalue weighted by molar-refractivity contribution is 6.21. The topological polar surface area (TPSA) is 105 Å². The van der Waals surface area contributed by atoms with Crippen LogP contribution in [0.3, 0.4) is 0 Å². The number of methoxy groups -OCH3 is 1. The Balaban J connectivity index is 1.72. The van der Waals surface area contributed by atoms with Crippen LogP contribution in [0.1, 0.15) is 64.4 Å². The molecule has 2 N–H and O–H groups in total. The van der Waals surface area contributed by atoms with Crippen molar-refractivity contribution in [3.63, 3.8) is 0 Å². The molecule has 31 heavy (non-hydrogen) atoms. The van der Waals surface area contributed by atoms with Crippen molar-refractivity contribution in [2.75, 3.05) is 7.11 Å². The van der Waals surface area contributed by atoms with Gasteiger partial charge in [-0.15, -0.1) is 0 Å². The molecule has 1 heterocycles. The summed E-state index contributed by atoms with van der Waals surface area (Å²) in [7, 11) is 1.54. The molecule has 1 fully saturated rings. The first-order valence-corrected chi connectivity index (χ1v) is 10.3. The number of hydrogen-bond donors (Lipinski definition) is 2. The van der Waals surface area contributed by atoms with Crippen molar-refractivity contribution in [3.05, 3.63) is 59.2 Å². The normalized spacial score (nSPS) is 16.9. The molecule has 1 atom stereocenters. The molecule has 0 saturated heterocycles. The molecular weight excluding hydrogens is 400 g/mol. The minimum Gasteiger partial charge on any atom is -0.493 e. The minimum atomic E-state index is -0.920. The van der Waals surface area contributed by atoms with Crippen LogP contribution in [0.4, 0.5) is 0 Å². The molecule has 1 unspecified atom stereocenters. The second-order valence-corrected chi connectivity index (χ2v) is 7.72. The zero-order valence-electron chi connectivity index (χ0n) is 17.2. The fraction of sp³-hybridized carbons (Fsp3) is 0.348. The lowest BCUT2D eigenvalue weighted by atomic mass is 10.0. The number of carbonyl (C=O) groups excluding carboxylic acids is 3. The number of imide groups is 1. The highest BCUT2D eigenvalue weighted by Crippen LogP contribution is 2.38. The fourth-order valence-corrected chi connectivity index (χ4v) is 4.25. The third-order valence-electron chi connectivity index (χ3n) is 5.81. The third kappa shape index (κ3) is 3.98. The number of nitrogens with one attached hydrogen (secondary N) is 1. The van der Waals surface area contributed by atoms with Gasteiger partial charge in [0.1, 0.15) is 0 Å². The monoisotopic (exact) mass is 424 g/mol. The van der Waals surface area contributed by atoms with E-state index in [0.717, 1.165) is 30.6 Å². The average Bonchev–Trinajstić information content (AvgIpc) is 3.39. The molecule has 1 aliphatic heterocycles. The van der Waals surface area contributed by atoms with E-state index in [4.69, 9.17) is 14.7 Å². The zero-order valence-corrected chi connectivity index (χ0v) is 17.2. The SMILES string of the molecule is COc1ccc(C(CC(=O)NO)N2C(=O)c3ccccc3C2=O)cc1OC1CCCC1. The molecule has 2 aromatic carbocycles. The van der Waals surface area contributed by atoms with Gasteiger partial charge in [0.15, 0.2) is 11.5 Å². The Bertz CT molecular complexity index is 980. The van der Waals surface area contributed by atoms with E-state index in [0.29, 0.717) is 17.1 Å². The van der Waals surface area contributed by atoms with Crippen LogP contribution in [-0.4, -0.2) is 41.0 Å². The second kappa shape index (κ2) is 8.77. The van der Waals surface area contributed by atoms with Gasteiger partial charge in [0.2, 0.25) is 5.91 Å². The number of hydroxylamine groups is 1. The maximum Gasteiger partial charge on any atom is 0.262 e. The Morgan fingerprint density at radius 1 is 1.10 bits per heavy atom. The summed E-state index contributed by atoms with van der Waals surface area (Å²) in [5.74, 6) is -0.646. The summed E-state index contributed by atoms with van der Waals surface area (Å²) < 4.78 is 11.6. The highest BCUT2D eigenvalue weighted by Gasteiger charge is 2.41. The third-order valence-corrected chi connectivity index (χ3v) is 5.81. The summed E-state index contributed by atoms with van der Waals surface area (Å²) in [4.78, 5) is 39.2. The molecule has 2 aromatic rings. The van der Waals surface area contributed by atoms with Gasteiger partial charge in [0, 0.05) is 0 Å². The van der Waals surface area contributed by atoms with Crippen molar-refractivity contribution in [1.82, 2.24) is 10.4 Å². The summed E-state index contributed by atoms with van der Waals surface area (Å²) in [6.07, 6.45) is 3.87. The van der Waals surface area contributed by atoms with Gasteiger partial charge in [-0.2, -0.15) is 0 Å². The van der Waals surface area contributed by atoms with Crippen LogP contribution < -0.4 is 15.0 Å². The van der Waals surface area contributed by atoms with Crippen molar-refractivity contribution >= 4 is 17.7 Å². The lowest BCUT2D eigenvalue weighted by Crippen LogP contribution is -2.37. The molecule has 0 radical (unpaired) electrons. The molecule has 162 valence electrons. The van der Waals surface area contributed by atoms with E-state index < -0.39 is 23.8 Å². The molecule has 4 rings (SSSR count). The quantitative estimate of drug-likeness (QED) is 0.402. The van der Waals surface area contributed by atoms with Gasteiger partial charge in [0.05, 0.1) is 36.8 Å². The average molecular weight is 424 g/mol. The minimum absolute atomic E-state index is 0.0719. The second-order valence-electron chi connectivity index (χ2n) is 7.72. The Kier molecular flexibility index (Phi) is 5.90. The standard InChI is InChI=1S/C23H24N2O6/c1-30-19-11-10-14(12-20(19)31-15-6-2-3-7-15)18(13-21(26)24-29)25-22(27)16-8-4-5-9-17(16)23(25)28/h4-5,8-12,15,18,29H,2-3,6-7,13H2,1H3,(H,24,26). The van der Waals surface area contributed by atoms with E-state index in [9.17, 15) is 14.4 Å². The fourth-order valence-electron chi connectivity index (χ4n) is 4.25. The summed E-state index contributed by atoms with van der Waals surface area (Å²) in [5.41, 5.74) is 2.70. The van der Waals surface area contributed by atoms with Gasteiger partial charge in [-0.3, -0.25) is 24.5 Å². The van der Waals surface area contributed by atoms with Crippen molar-refractivity contribution in [2.45, 2.75) is 44.2 Å². The number of nitrogens with zero attached hydrogens (tertiary/aromatic N) is 1. The van der Waals surface area contributed by atoms with Crippen LogP contribution in [0, 0.1) is 0 Å². The summed E-state index contributed by atoms with van der Waals surface area (Å²) in [6, 6.07) is 10.7. The smallest absolute Gasteiger partial charge is 0.262 e. The lowest BCUT2D eigenvalue weighted by molar-refractivity contribution is -0.130. The highest BCUT2D eigenvalue weighted by atomic mass is 16.5. The predicted octanol–water partition coefficient (Wildman–Crippen LogP) is 3.25. The molecule has 0 spiro atoms. The van der Waals surface area contributed by atoms with E-state index >= 15 is 0 Å². The Morgan fingerprint density at radius 2 is 1.74 bits per heavy atom. The van der Waals surface area contributed by atoms with Crippen molar-refractivity contribution in [2.24, 2.45) is 0 Å². The number of hydrogen-bond acceptors (Lipinski definition) is 6. The maximum absolute atomic E-state index is 13.0.